The molecule has 2 aromatic carbocycles. The van der Waals surface area contributed by atoms with Crippen molar-refractivity contribution >= 4 is 22.5 Å². The zero-order valence-corrected chi connectivity index (χ0v) is 18.0. The lowest BCUT2D eigenvalue weighted by Crippen LogP contribution is -2.27. The highest BCUT2D eigenvalue weighted by Gasteiger charge is 2.12. The van der Waals surface area contributed by atoms with Crippen LogP contribution in [-0.4, -0.2) is 28.0 Å². The van der Waals surface area contributed by atoms with E-state index < -0.39 is 5.82 Å². The molecule has 0 aliphatic carbocycles. The molecule has 0 atom stereocenters. The minimum Gasteiger partial charge on any atom is -0.494 e. The van der Waals surface area contributed by atoms with Gasteiger partial charge in [0.25, 0.3) is 5.56 Å². The Bertz CT molecular complexity index is 1290. The summed E-state index contributed by atoms with van der Waals surface area (Å²) in [6.45, 7) is 3.45. The molecule has 7 heteroatoms. The van der Waals surface area contributed by atoms with Gasteiger partial charge in [0, 0.05) is 25.7 Å². The van der Waals surface area contributed by atoms with E-state index >= 15 is 0 Å². The molecule has 2 heterocycles. The Hall–Kier alpha value is -3.61. The number of ether oxygens (including phenoxy) is 1. The van der Waals surface area contributed by atoms with Crippen LogP contribution in [-0.2, 0) is 17.8 Å². The van der Waals surface area contributed by atoms with Gasteiger partial charge in [0.1, 0.15) is 17.1 Å². The van der Waals surface area contributed by atoms with Gasteiger partial charge in [-0.2, -0.15) is 0 Å². The number of carbonyl (C=O) groups excluding carboxylic acids is 1. The highest BCUT2D eigenvalue weighted by Crippen LogP contribution is 2.17. The second-order valence-electron chi connectivity index (χ2n) is 7.63. The zero-order chi connectivity index (χ0) is 22.5. The lowest BCUT2D eigenvalue weighted by molar-refractivity contribution is -0.121. The Morgan fingerprint density at radius 2 is 1.88 bits per heavy atom. The van der Waals surface area contributed by atoms with Crippen LogP contribution in [0.4, 0.5) is 4.39 Å². The maximum atomic E-state index is 13.9. The highest BCUT2D eigenvalue weighted by molar-refractivity contribution is 5.79. The SMILES string of the molecule is CCOc1ccc(CCNC(=O)CCCn2c(=O)c3cccn3c3ccc(F)cc32)cc1. The minimum atomic E-state index is -0.399. The molecule has 0 aliphatic rings. The first-order valence-electron chi connectivity index (χ1n) is 10.8. The van der Waals surface area contributed by atoms with Crippen LogP contribution in [0.15, 0.2) is 65.6 Å². The monoisotopic (exact) mass is 435 g/mol. The number of halogens is 1. The molecular formula is C25H26FN3O3. The van der Waals surface area contributed by atoms with Crippen LogP contribution in [0.3, 0.4) is 0 Å². The lowest BCUT2D eigenvalue weighted by atomic mass is 10.1. The Balaban J connectivity index is 1.34. The van der Waals surface area contributed by atoms with Crippen LogP contribution in [0.2, 0.25) is 0 Å². The maximum absolute atomic E-state index is 13.9. The van der Waals surface area contributed by atoms with Crippen LogP contribution < -0.4 is 15.6 Å². The molecule has 2 aromatic heterocycles. The first-order chi connectivity index (χ1) is 15.6. The first-order valence-corrected chi connectivity index (χ1v) is 10.8. The largest absolute Gasteiger partial charge is 0.494 e. The summed E-state index contributed by atoms with van der Waals surface area (Å²) >= 11 is 0. The van der Waals surface area contributed by atoms with E-state index in [0.717, 1.165) is 23.3 Å². The Morgan fingerprint density at radius 3 is 2.66 bits per heavy atom. The fourth-order valence-corrected chi connectivity index (χ4v) is 3.90. The summed E-state index contributed by atoms with van der Waals surface area (Å²) in [7, 11) is 0. The molecule has 0 fully saturated rings. The van der Waals surface area contributed by atoms with Gasteiger partial charge in [0.05, 0.1) is 17.6 Å². The van der Waals surface area contributed by atoms with E-state index in [1.165, 1.54) is 12.1 Å². The van der Waals surface area contributed by atoms with Crippen molar-refractivity contribution in [3.8, 4) is 5.75 Å². The molecule has 0 spiro atoms. The molecule has 0 radical (unpaired) electrons. The Labute approximate surface area is 185 Å². The third-order valence-electron chi connectivity index (χ3n) is 5.46. The van der Waals surface area contributed by atoms with Gasteiger partial charge in [0.15, 0.2) is 0 Å². The molecule has 4 rings (SSSR count). The molecule has 32 heavy (non-hydrogen) atoms. The molecule has 1 amide bonds. The van der Waals surface area contributed by atoms with E-state index in [2.05, 4.69) is 5.32 Å². The number of benzene rings is 2. The van der Waals surface area contributed by atoms with Crippen LogP contribution in [0.1, 0.15) is 25.3 Å². The molecule has 0 aliphatic heterocycles. The summed E-state index contributed by atoms with van der Waals surface area (Å²) in [5, 5.41) is 2.92. The van der Waals surface area contributed by atoms with Gasteiger partial charge in [-0.1, -0.05) is 12.1 Å². The van der Waals surface area contributed by atoms with Crippen molar-refractivity contribution in [2.45, 2.75) is 32.7 Å². The Kier molecular flexibility index (Phi) is 6.54. The average Bonchev–Trinajstić information content (AvgIpc) is 3.28. The van der Waals surface area contributed by atoms with Crippen LogP contribution in [0.25, 0.3) is 16.6 Å². The van der Waals surface area contributed by atoms with E-state index in [1.807, 2.05) is 31.2 Å². The normalized spacial score (nSPS) is 11.2. The number of hydrogen-bond donors (Lipinski definition) is 1. The Morgan fingerprint density at radius 1 is 1.06 bits per heavy atom. The number of amides is 1. The van der Waals surface area contributed by atoms with Crippen LogP contribution in [0.5, 0.6) is 5.75 Å². The number of hydrogen-bond acceptors (Lipinski definition) is 3. The summed E-state index contributed by atoms with van der Waals surface area (Å²) in [4.78, 5) is 25.1. The first kappa shape index (κ1) is 21.6. The second-order valence-corrected chi connectivity index (χ2v) is 7.63. The molecule has 6 nitrogen and oxygen atoms in total. The molecule has 0 saturated heterocycles. The topological polar surface area (TPSA) is 64.7 Å². The number of rotatable bonds is 9. The van der Waals surface area contributed by atoms with Crippen molar-refractivity contribution in [2.75, 3.05) is 13.2 Å². The van der Waals surface area contributed by atoms with Crippen molar-refractivity contribution in [3.05, 3.63) is 82.5 Å². The van der Waals surface area contributed by atoms with Gasteiger partial charge < -0.3 is 19.0 Å². The number of aryl methyl sites for hydroxylation is 1. The number of aromatic nitrogens is 2. The van der Waals surface area contributed by atoms with Gasteiger partial charge in [-0.3, -0.25) is 9.59 Å². The summed E-state index contributed by atoms with van der Waals surface area (Å²) in [6, 6.07) is 15.8. The van der Waals surface area contributed by atoms with Gasteiger partial charge in [-0.25, -0.2) is 4.39 Å². The second kappa shape index (κ2) is 9.68. The van der Waals surface area contributed by atoms with Crippen molar-refractivity contribution in [2.24, 2.45) is 0 Å². The van der Waals surface area contributed by atoms with Gasteiger partial charge >= 0.3 is 0 Å². The molecule has 0 unspecified atom stereocenters. The molecule has 0 saturated carbocycles. The molecular weight excluding hydrogens is 409 g/mol. The van der Waals surface area contributed by atoms with E-state index in [9.17, 15) is 14.0 Å². The van der Waals surface area contributed by atoms with Crippen molar-refractivity contribution in [1.29, 1.82) is 0 Å². The maximum Gasteiger partial charge on any atom is 0.275 e. The molecule has 1 N–H and O–H groups in total. The third-order valence-corrected chi connectivity index (χ3v) is 5.46. The summed E-state index contributed by atoms with van der Waals surface area (Å²) in [5.41, 5.74) is 2.74. The van der Waals surface area contributed by atoms with E-state index in [4.69, 9.17) is 4.74 Å². The van der Waals surface area contributed by atoms with Crippen molar-refractivity contribution < 1.29 is 13.9 Å². The van der Waals surface area contributed by atoms with Crippen molar-refractivity contribution in [1.82, 2.24) is 14.3 Å². The van der Waals surface area contributed by atoms with Gasteiger partial charge in [-0.15, -0.1) is 0 Å². The van der Waals surface area contributed by atoms with E-state index in [0.29, 0.717) is 43.6 Å². The fourth-order valence-electron chi connectivity index (χ4n) is 3.90. The lowest BCUT2D eigenvalue weighted by Gasteiger charge is -2.13. The van der Waals surface area contributed by atoms with Gasteiger partial charge in [-0.05, 0) is 67.8 Å². The predicted octanol–water partition coefficient (Wildman–Crippen LogP) is 3.93. The van der Waals surface area contributed by atoms with E-state index in [1.54, 1.807) is 33.4 Å². The predicted molar refractivity (Wildman–Crippen MR) is 123 cm³/mol. The fraction of sp³-hybridized carbons (Fsp3) is 0.280. The van der Waals surface area contributed by atoms with Gasteiger partial charge in [0.2, 0.25) is 5.91 Å². The quantitative estimate of drug-likeness (QED) is 0.433. The zero-order valence-electron chi connectivity index (χ0n) is 18.0. The average molecular weight is 435 g/mol. The minimum absolute atomic E-state index is 0.0664. The third kappa shape index (κ3) is 4.66. The number of fused-ring (bicyclic) bond motifs is 3. The number of nitrogens with one attached hydrogen (secondary N) is 1. The molecule has 0 bridgehead atoms. The molecule has 166 valence electrons. The number of carbonyl (C=O) groups is 1. The summed E-state index contributed by atoms with van der Waals surface area (Å²) in [6.07, 6.45) is 3.29. The van der Waals surface area contributed by atoms with Crippen molar-refractivity contribution in [3.63, 3.8) is 0 Å². The van der Waals surface area contributed by atoms with Crippen LogP contribution in [0, 0.1) is 5.82 Å². The summed E-state index contributed by atoms with van der Waals surface area (Å²) < 4.78 is 22.6. The smallest absolute Gasteiger partial charge is 0.275 e. The van der Waals surface area contributed by atoms with Crippen LogP contribution >= 0.6 is 0 Å². The standard InChI is InChI=1S/C25H26FN3O3/c1-2-32-20-10-7-18(8-11-20)13-14-27-24(30)6-4-16-29-23-17-19(26)9-12-21(23)28-15-3-5-22(28)25(29)31/h3,5,7-12,15,17H,2,4,6,13-14,16H2,1H3,(H,27,30). The number of nitrogens with zero attached hydrogens (tertiary/aromatic N) is 2. The summed E-state index contributed by atoms with van der Waals surface area (Å²) in [5.74, 6) is 0.369. The van der Waals surface area contributed by atoms with E-state index in [-0.39, 0.29) is 11.5 Å². The highest BCUT2D eigenvalue weighted by atomic mass is 19.1. The molecule has 4 aromatic rings.